The molecule has 3 rings (SSSR count). The van der Waals surface area contributed by atoms with Crippen molar-refractivity contribution in [2.24, 2.45) is 0 Å². The fourth-order valence-corrected chi connectivity index (χ4v) is 2.65. The third-order valence-electron chi connectivity index (χ3n) is 3.79. The number of nitrogens with one attached hydrogen (secondary N) is 1. The summed E-state index contributed by atoms with van der Waals surface area (Å²) in [6.07, 6.45) is -0.764. The van der Waals surface area contributed by atoms with E-state index < -0.39 is 6.10 Å². The lowest BCUT2D eigenvalue weighted by Crippen LogP contribution is -2.51. The first-order valence-corrected chi connectivity index (χ1v) is 8.12. The van der Waals surface area contributed by atoms with Crippen molar-refractivity contribution < 1.29 is 19.1 Å². The Morgan fingerprint density at radius 3 is 2.68 bits per heavy atom. The predicted octanol–water partition coefficient (Wildman–Crippen LogP) is 2.26. The van der Waals surface area contributed by atoms with E-state index in [4.69, 9.17) is 21.1 Å². The second-order valence-electron chi connectivity index (χ2n) is 5.44. The molecule has 2 aromatic rings. The van der Waals surface area contributed by atoms with Crippen molar-refractivity contribution in [3.05, 3.63) is 53.6 Å². The molecule has 0 saturated carbocycles. The van der Waals surface area contributed by atoms with Gasteiger partial charge < -0.3 is 19.7 Å². The van der Waals surface area contributed by atoms with Crippen LogP contribution in [-0.4, -0.2) is 38.1 Å². The van der Waals surface area contributed by atoms with Gasteiger partial charge in [0.2, 0.25) is 0 Å². The van der Waals surface area contributed by atoms with Crippen molar-refractivity contribution >= 4 is 29.1 Å². The summed E-state index contributed by atoms with van der Waals surface area (Å²) in [5.41, 5.74) is 0.618. The van der Waals surface area contributed by atoms with Gasteiger partial charge in [-0.2, -0.15) is 0 Å². The van der Waals surface area contributed by atoms with Crippen molar-refractivity contribution in [2.45, 2.75) is 6.10 Å². The van der Waals surface area contributed by atoms with Crippen LogP contribution in [0.3, 0.4) is 0 Å². The molecule has 0 spiro atoms. The Kier molecular flexibility index (Phi) is 5.09. The van der Waals surface area contributed by atoms with Gasteiger partial charge in [-0.3, -0.25) is 9.59 Å². The summed E-state index contributed by atoms with van der Waals surface area (Å²) in [5.74, 6) is 0.481. The molecular formula is C18H17ClN2O4. The summed E-state index contributed by atoms with van der Waals surface area (Å²) in [4.78, 5) is 26.1. The van der Waals surface area contributed by atoms with E-state index in [0.717, 1.165) is 0 Å². The Morgan fingerprint density at radius 1 is 1.24 bits per heavy atom. The number of para-hydroxylation sites is 2. The second kappa shape index (κ2) is 7.44. The highest BCUT2D eigenvalue weighted by molar-refractivity contribution is 6.30. The highest BCUT2D eigenvalue weighted by Crippen LogP contribution is 2.33. The van der Waals surface area contributed by atoms with E-state index in [0.29, 0.717) is 22.2 Å². The number of benzene rings is 2. The lowest BCUT2D eigenvalue weighted by atomic mass is 10.1. The molecule has 2 amide bonds. The molecule has 1 aliphatic rings. The number of rotatable bonds is 4. The number of fused-ring (bicyclic) bond motifs is 1. The molecule has 0 saturated heterocycles. The van der Waals surface area contributed by atoms with Crippen LogP contribution in [0, 0.1) is 0 Å². The summed E-state index contributed by atoms with van der Waals surface area (Å²) >= 11 is 5.83. The molecule has 130 valence electrons. The lowest BCUT2D eigenvalue weighted by Gasteiger charge is -2.33. The molecule has 1 atom stereocenters. The van der Waals surface area contributed by atoms with Crippen molar-refractivity contribution in [1.82, 2.24) is 5.32 Å². The van der Waals surface area contributed by atoms with Crippen molar-refractivity contribution in [3.63, 3.8) is 0 Å². The number of carbonyl (C=O) groups is 2. The summed E-state index contributed by atoms with van der Waals surface area (Å²) < 4.78 is 11.2. The van der Waals surface area contributed by atoms with E-state index in [1.54, 1.807) is 42.5 Å². The van der Waals surface area contributed by atoms with Gasteiger partial charge in [0, 0.05) is 12.1 Å². The second-order valence-corrected chi connectivity index (χ2v) is 5.87. The number of anilines is 1. The van der Waals surface area contributed by atoms with Gasteiger partial charge >= 0.3 is 0 Å². The van der Waals surface area contributed by atoms with E-state index in [1.807, 2.05) is 6.07 Å². The first-order valence-electron chi connectivity index (χ1n) is 7.74. The molecule has 0 aromatic heterocycles. The van der Waals surface area contributed by atoms with Gasteiger partial charge in [-0.15, -0.1) is 0 Å². The first kappa shape index (κ1) is 17.1. The number of likely N-dealkylation sites (N-methyl/N-ethyl adjacent to an activating group) is 1. The van der Waals surface area contributed by atoms with Crippen LogP contribution in [0.5, 0.6) is 11.5 Å². The van der Waals surface area contributed by atoms with Gasteiger partial charge in [-0.1, -0.05) is 23.7 Å². The van der Waals surface area contributed by atoms with Gasteiger partial charge in [-0.25, -0.2) is 0 Å². The standard InChI is InChI=1S/C18H17ClN2O4/c1-20-18(23)16-10-21(14-4-2-3-5-15(14)25-16)17(22)11-24-13-8-6-12(19)7-9-13/h2-9,16H,10-11H2,1H3,(H,20,23)/t16-/m0/s1. The highest BCUT2D eigenvalue weighted by Gasteiger charge is 2.33. The van der Waals surface area contributed by atoms with E-state index in [1.165, 1.54) is 11.9 Å². The Balaban J connectivity index is 1.75. The van der Waals surface area contributed by atoms with E-state index in [-0.39, 0.29) is 25.0 Å². The minimum atomic E-state index is -0.764. The van der Waals surface area contributed by atoms with Crippen LogP contribution < -0.4 is 19.7 Å². The zero-order valence-corrected chi connectivity index (χ0v) is 14.3. The number of ether oxygens (including phenoxy) is 2. The first-order chi connectivity index (χ1) is 12.1. The molecule has 0 aliphatic carbocycles. The van der Waals surface area contributed by atoms with Gasteiger partial charge in [0.15, 0.2) is 12.7 Å². The van der Waals surface area contributed by atoms with Crippen LogP contribution in [0.2, 0.25) is 5.02 Å². The third-order valence-corrected chi connectivity index (χ3v) is 4.04. The summed E-state index contributed by atoms with van der Waals surface area (Å²) in [6.45, 7) is -0.0318. The lowest BCUT2D eigenvalue weighted by molar-refractivity contribution is -0.128. The van der Waals surface area contributed by atoms with Crippen molar-refractivity contribution in [1.29, 1.82) is 0 Å². The van der Waals surface area contributed by atoms with Crippen molar-refractivity contribution in [2.75, 3.05) is 25.1 Å². The molecule has 25 heavy (non-hydrogen) atoms. The normalized spacial score (nSPS) is 15.8. The van der Waals surface area contributed by atoms with Crippen LogP contribution in [0.4, 0.5) is 5.69 Å². The van der Waals surface area contributed by atoms with Crippen LogP contribution >= 0.6 is 11.6 Å². The molecule has 1 aliphatic heterocycles. The highest BCUT2D eigenvalue weighted by atomic mass is 35.5. The number of carbonyl (C=O) groups excluding carboxylic acids is 2. The maximum atomic E-state index is 12.6. The Labute approximate surface area is 150 Å². The number of halogens is 1. The Bertz CT molecular complexity index is 779. The monoisotopic (exact) mass is 360 g/mol. The Hall–Kier alpha value is -2.73. The Morgan fingerprint density at radius 2 is 1.96 bits per heavy atom. The number of hydrogen-bond donors (Lipinski definition) is 1. The quantitative estimate of drug-likeness (QED) is 0.908. The van der Waals surface area contributed by atoms with Crippen LogP contribution in [0.25, 0.3) is 0 Å². The van der Waals surface area contributed by atoms with Gasteiger partial charge in [0.1, 0.15) is 11.5 Å². The minimum absolute atomic E-state index is 0.125. The predicted molar refractivity (Wildman–Crippen MR) is 94.2 cm³/mol. The van der Waals surface area contributed by atoms with E-state index >= 15 is 0 Å². The number of amides is 2. The van der Waals surface area contributed by atoms with Crippen LogP contribution in [-0.2, 0) is 9.59 Å². The summed E-state index contributed by atoms with van der Waals surface area (Å²) in [5, 5.41) is 3.13. The van der Waals surface area contributed by atoms with E-state index in [9.17, 15) is 9.59 Å². The molecule has 0 radical (unpaired) electrons. The van der Waals surface area contributed by atoms with E-state index in [2.05, 4.69) is 5.32 Å². The molecular weight excluding hydrogens is 344 g/mol. The van der Waals surface area contributed by atoms with Gasteiger partial charge in [-0.05, 0) is 36.4 Å². The van der Waals surface area contributed by atoms with Gasteiger partial charge in [0.25, 0.3) is 11.8 Å². The molecule has 7 heteroatoms. The zero-order valence-electron chi connectivity index (χ0n) is 13.6. The summed E-state index contributed by atoms with van der Waals surface area (Å²) in [6, 6.07) is 13.9. The molecule has 1 heterocycles. The number of hydrogen-bond acceptors (Lipinski definition) is 4. The van der Waals surface area contributed by atoms with Crippen LogP contribution in [0.1, 0.15) is 0 Å². The maximum Gasteiger partial charge on any atom is 0.265 e. The maximum absolute atomic E-state index is 12.6. The molecule has 0 bridgehead atoms. The molecule has 2 aromatic carbocycles. The van der Waals surface area contributed by atoms with Gasteiger partial charge in [0.05, 0.1) is 12.2 Å². The topological polar surface area (TPSA) is 67.9 Å². The molecule has 0 unspecified atom stereocenters. The fraction of sp³-hybridized carbons (Fsp3) is 0.222. The summed E-state index contributed by atoms with van der Waals surface area (Å²) in [7, 11) is 1.53. The smallest absolute Gasteiger partial charge is 0.265 e. The third kappa shape index (κ3) is 3.85. The minimum Gasteiger partial charge on any atom is -0.484 e. The average molecular weight is 361 g/mol. The molecule has 0 fully saturated rings. The zero-order chi connectivity index (χ0) is 17.8. The molecule has 1 N–H and O–H groups in total. The SMILES string of the molecule is CNC(=O)[C@@H]1CN(C(=O)COc2ccc(Cl)cc2)c2ccccc2O1. The fourth-order valence-electron chi connectivity index (χ4n) is 2.52. The average Bonchev–Trinajstić information content (AvgIpc) is 2.65. The van der Waals surface area contributed by atoms with Crippen LogP contribution in [0.15, 0.2) is 48.5 Å². The molecule has 6 nitrogen and oxygen atoms in total. The largest absolute Gasteiger partial charge is 0.484 e. The number of nitrogens with zero attached hydrogens (tertiary/aromatic N) is 1. The van der Waals surface area contributed by atoms with Crippen molar-refractivity contribution in [3.8, 4) is 11.5 Å².